The van der Waals surface area contributed by atoms with Crippen molar-refractivity contribution in [3.63, 3.8) is 0 Å². The Balaban J connectivity index is 2.36. The van der Waals surface area contributed by atoms with Gasteiger partial charge in [0, 0.05) is 29.7 Å². The molecule has 0 amide bonds. The lowest BCUT2D eigenvalue weighted by atomic mass is 10.2. The summed E-state index contributed by atoms with van der Waals surface area (Å²) in [7, 11) is 0. The van der Waals surface area contributed by atoms with E-state index in [1.165, 1.54) is 6.07 Å². The van der Waals surface area contributed by atoms with Gasteiger partial charge in [0.25, 0.3) is 0 Å². The molecule has 0 aliphatic rings. The zero-order valence-electron chi connectivity index (χ0n) is 10.5. The van der Waals surface area contributed by atoms with Crippen molar-refractivity contribution in [2.75, 3.05) is 26.2 Å². The van der Waals surface area contributed by atoms with E-state index in [0.29, 0.717) is 12.1 Å². The minimum Gasteiger partial charge on any atom is -0.311 e. The van der Waals surface area contributed by atoms with Crippen LogP contribution in [0.4, 0.5) is 4.39 Å². The quantitative estimate of drug-likeness (QED) is 0.779. The van der Waals surface area contributed by atoms with Crippen LogP contribution in [0.5, 0.6) is 0 Å². The number of halogens is 2. The predicted octanol–water partition coefficient (Wildman–Crippen LogP) is 3.02. The first-order valence-corrected chi connectivity index (χ1v) is 6.84. The maximum Gasteiger partial charge on any atom is 0.128 e. The highest BCUT2D eigenvalue weighted by atomic mass is 79.9. The summed E-state index contributed by atoms with van der Waals surface area (Å²) < 4.78 is 14.3. The average Bonchev–Trinajstić information content (AvgIpc) is 2.32. The lowest BCUT2D eigenvalue weighted by Crippen LogP contribution is -2.31. The van der Waals surface area contributed by atoms with Gasteiger partial charge in [-0.2, -0.15) is 0 Å². The van der Waals surface area contributed by atoms with Gasteiger partial charge in [-0.15, -0.1) is 0 Å². The zero-order chi connectivity index (χ0) is 12.7. The van der Waals surface area contributed by atoms with Crippen molar-refractivity contribution in [3.8, 4) is 0 Å². The van der Waals surface area contributed by atoms with Crippen LogP contribution in [-0.4, -0.2) is 31.1 Å². The maximum atomic E-state index is 13.5. The fourth-order valence-electron chi connectivity index (χ4n) is 1.69. The summed E-state index contributed by atoms with van der Waals surface area (Å²) in [6.07, 6.45) is 0. The molecule has 4 heteroatoms. The van der Waals surface area contributed by atoms with Crippen LogP contribution in [0.3, 0.4) is 0 Å². The number of hydrogen-bond donors (Lipinski definition) is 1. The van der Waals surface area contributed by atoms with Crippen molar-refractivity contribution in [3.05, 3.63) is 34.1 Å². The second-order valence-corrected chi connectivity index (χ2v) is 4.76. The van der Waals surface area contributed by atoms with Gasteiger partial charge in [0.05, 0.1) is 0 Å². The number of hydrogen-bond acceptors (Lipinski definition) is 2. The van der Waals surface area contributed by atoms with E-state index in [1.807, 2.05) is 6.07 Å². The molecule has 0 saturated heterocycles. The summed E-state index contributed by atoms with van der Waals surface area (Å²) in [6.45, 7) is 8.85. The molecule has 96 valence electrons. The smallest absolute Gasteiger partial charge is 0.128 e. The molecule has 0 bridgehead atoms. The van der Waals surface area contributed by atoms with Crippen molar-refractivity contribution < 1.29 is 4.39 Å². The molecule has 17 heavy (non-hydrogen) atoms. The molecule has 0 heterocycles. The van der Waals surface area contributed by atoms with Gasteiger partial charge in [0.1, 0.15) is 5.82 Å². The van der Waals surface area contributed by atoms with Gasteiger partial charge >= 0.3 is 0 Å². The lowest BCUT2D eigenvalue weighted by molar-refractivity contribution is 0.302. The highest BCUT2D eigenvalue weighted by Crippen LogP contribution is 2.18. The molecule has 0 saturated carbocycles. The van der Waals surface area contributed by atoms with Crippen LogP contribution >= 0.6 is 15.9 Å². The Labute approximate surface area is 111 Å². The van der Waals surface area contributed by atoms with Crippen LogP contribution in [0.15, 0.2) is 22.7 Å². The van der Waals surface area contributed by atoms with Crippen LogP contribution in [0.1, 0.15) is 19.4 Å². The van der Waals surface area contributed by atoms with E-state index in [1.54, 1.807) is 6.07 Å². The molecule has 0 fully saturated rings. The van der Waals surface area contributed by atoms with Gasteiger partial charge in [-0.25, -0.2) is 4.39 Å². The molecular weight excluding hydrogens is 283 g/mol. The monoisotopic (exact) mass is 302 g/mol. The highest BCUT2D eigenvalue weighted by Gasteiger charge is 2.05. The summed E-state index contributed by atoms with van der Waals surface area (Å²) >= 11 is 3.37. The summed E-state index contributed by atoms with van der Waals surface area (Å²) in [5.41, 5.74) is 0.701. The Kier molecular flexibility index (Phi) is 6.70. The number of nitrogens with zero attached hydrogens (tertiary/aromatic N) is 1. The second kappa shape index (κ2) is 7.80. The molecule has 0 atom stereocenters. The van der Waals surface area contributed by atoms with Crippen LogP contribution in [0.2, 0.25) is 0 Å². The molecule has 0 aromatic heterocycles. The minimum absolute atomic E-state index is 0.158. The molecule has 1 N–H and O–H groups in total. The Morgan fingerprint density at radius 1 is 1.29 bits per heavy atom. The largest absolute Gasteiger partial charge is 0.311 e. The normalized spacial score (nSPS) is 11.1. The maximum absolute atomic E-state index is 13.5. The zero-order valence-corrected chi connectivity index (χ0v) is 12.1. The van der Waals surface area contributed by atoms with E-state index in [9.17, 15) is 4.39 Å². The number of rotatable bonds is 7. The van der Waals surface area contributed by atoms with Gasteiger partial charge in [-0.3, -0.25) is 0 Å². The molecule has 0 aliphatic carbocycles. The molecule has 0 spiro atoms. The fraction of sp³-hybridized carbons (Fsp3) is 0.538. The van der Waals surface area contributed by atoms with E-state index in [0.717, 1.165) is 30.7 Å². The molecule has 1 aromatic carbocycles. The third kappa shape index (κ3) is 4.74. The predicted molar refractivity (Wildman–Crippen MR) is 73.6 cm³/mol. The van der Waals surface area contributed by atoms with E-state index >= 15 is 0 Å². The second-order valence-electron chi connectivity index (χ2n) is 3.90. The average molecular weight is 303 g/mol. The van der Waals surface area contributed by atoms with Crippen molar-refractivity contribution in [1.82, 2.24) is 10.2 Å². The summed E-state index contributed by atoms with van der Waals surface area (Å²) in [5, 5.41) is 3.27. The Morgan fingerprint density at radius 2 is 2.00 bits per heavy atom. The molecular formula is C13H20BrFN2. The lowest BCUT2D eigenvalue weighted by Gasteiger charge is -2.18. The van der Waals surface area contributed by atoms with Crippen LogP contribution in [0, 0.1) is 5.82 Å². The molecule has 0 unspecified atom stereocenters. The summed E-state index contributed by atoms with van der Waals surface area (Å²) in [6, 6.07) is 5.06. The fourth-order valence-corrected chi connectivity index (χ4v) is 2.17. The first-order chi connectivity index (χ1) is 8.19. The summed E-state index contributed by atoms with van der Waals surface area (Å²) in [5.74, 6) is -0.158. The third-order valence-corrected chi connectivity index (χ3v) is 3.61. The molecule has 1 rings (SSSR count). The van der Waals surface area contributed by atoms with Crippen LogP contribution < -0.4 is 5.32 Å². The minimum atomic E-state index is -0.158. The van der Waals surface area contributed by atoms with E-state index in [-0.39, 0.29) is 5.82 Å². The van der Waals surface area contributed by atoms with E-state index in [4.69, 9.17) is 0 Å². The molecule has 0 aliphatic heterocycles. The Morgan fingerprint density at radius 3 is 2.59 bits per heavy atom. The first-order valence-electron chi connectivity index (χ1n) is 6.05. The van der Waals surface area contributed by atoms with Gasteiger partial charge in [0.15, 0.2) is 0 Å². The number of likely N-dealkylation sites (N-methyl/N-ethyl adjacent to an activating group) is 1. The van der Waals surface area contributed by atoms with Gasteiger partial charge in [-0.1, -0.05) is 35.8 Å². The number of benzene rings is 1. The van der Waals surface area contributed by atoms with Gasteiger partial charge in [0.2, 0.25) is 0 Å². The van der Waals surface area contributed by atoms with Crippen molar-refractivity contribution in [2.45, 2.75) is 20.4 Å². The molecule has 1 aromatic rings. The SMILES string of the molecule is CCN(CC)CCNCc1c(F)cccc1Br. The van der Waals surface area contributed by atoms with Crippen LogP contribution in [0.25, 0.3) is 0 Å². The Bertz CT molecular complexity index is 320. The molecule has 2 nitrogen and oxygen atoms in total. The topological polar surface area (TPSA) is 15.3 Å². The molecule has 0 radical (unpaired) electrons. The van der Waals surface area contributed by atoms with Gasteiger partial charge in [-0.05, 0) is 25.2 Å². The third-order valence-electron chi connectivity index (χ3n) is 2.86. The number of nitrogens with one attached hydrogen (secondary N) is 1. The first kappa shape index (κ1) is 14.6. The van der Waals surface area contributed by atoms with Crippen molar-refractivity contribution >= 4 is 15.9 Å². The highest BCUT2D eigenvalue weighted by molar-refractivity contribution is 9.10. The summed E-state index contributed by atoms with van der Waals surface area (Å²) in [4.78, 5) is 2.34. The van der Waals surface area contributed by atoms with Crippen LogP contribution in [-0.2, 0) is 6.54 Å². The Hall–Kier alpha value is -0.450. The van der Waals surface area contributed by atoms with E-state index in [2.05, 4.69) is 40.0 Å². The van der Waals surface area contributed by atoms with Gasteiger partial charge < -0.3 is 10.2 Å². The van der Waals surface area contributed by atoms with Crippen molar-refractivity contribution in [1.29, 1.82) is 0 Å². The van der Waals surface area contributed by atoms with Crippen molar-refractivity contribution in [2.24, 2.45) is 0 Å². The van der Waals surface area contributed by atoms with E-state index < -0.39 is 0 Å². The standard InChI is InChI=1S/C13H20BrFN2/c1-3-17(4-2)9-8-16-10-11-12(14)6-5-7-13(11)15/h5-7,16H,3-4,8-10H2,1-2H3.